The van der Waals surface area contributed by atoms with Crippen molar-refractivity contribution in [2.75, 3.05) is 0 Å². The fourth-order valence-corrected chi connectivity index (χ4v) is 2.37. The van der Waals surface area contributed by atoms with E-state index in [1.54, 1.807) is 10.6 Å². The molecule has 0 aliphatic rings. The largest absolute Gasteiger partial charge is 0.336 e. The van der Waals surface area contributed by atoms with Crippen LogP contribution in [0.1, 0.15) is 51.6 Å². The summed E-state index contributed by atoms with van der Waals surface area (Å²) >= 11 is 5.17. The van der Waals surface area contributed by atoms with Crippen LogP contribution < -0.4 is 5.56 Å². The van der Waals surface area contributed by atoms with Gasteiger partial charge in [0.1, 0.15) is 0 Å². The molecule has 1 heterocycles. The molecule has 1 aromatic heterocycles. The Bertz CT molecular complexity index is 442. The first-order valence-corrected chi connectivity index (χ1v) is 7.22. The molecule has 0 radical (unpaired) electrons. The molecule has 0 fully saturated rings. The van der Waals surface area contributed by atoms with Crippen molar-refractivity contribution >= 4 is 12.2 Å². The van der Waals surface area contributed by atoms with Gasteiger partial charge in [-0.15, -0.1) is 0 Å². The SMILES string of the molecule is Cc1cc(=O)n(CCCCCCC(C)C)c(=S)[nH]1. The molecule has 1 rings (SSSR count). The monoisotopic (exact) mass is 268 g/mol. The van der Waals surface area contributed by atoms with E-state index in [-0.39, 0.29) is 5.56 Å². The van der Waals surface area contributed by atoms with E-state index in [4.69, 9.17) is 12.2 Å². The van der Waals surface area contributed by atoms with Gasteiger partial charge in [-0.25, -0.2) is 0 Å². The Morgan fingerprint density at radius 1 is 1.28 bits per heavy atom. The zero-order valence-electron chi connectivity index (χ0n) is 11.7. The molecule has 0 aromatic carbocycles. The summed E-state index contributed by atoms with van der Waals surface area (Å²) in [5.41, 5.74) is 0.844. The normalized spacial score (nSPS) is 11.1. The van der Waals surface area contributed by atoms with Crippen LogP contribution >= 0.6 is 12.2 Å². The molecule has 0 unspecified atom stereocenters. The number of H-pyrrole nitrogens is 1. The van der Waals surface area contributed by atoms with Gasteiger partial charge in [0.05, 0.1) is 0 Å². The van der Waals surface area contributed by atoms with Gasteiger partial charge in [-0.2, -0.15) is 0 Å². The third kappa shape index (κ3) is 5.17. The van der Waals surface area contributed by atoms with Gasteiger partial charge in [-0.3, -0.25) is 9.36 Å². The average molecular weight is 268 g/mol. The summed E-state index contributed by atoms with van der Waals surface area (Å²) in [5.74, 6) is 0.790. The highest BCUT2D eigenvalue weighted by molar-refractivity contribution is 7.71. The number of nitrogens with one attached hydrogen (secondary N) is 1. The first-order valence-electron chi connectivity index (χ1n) is 6.81. The van der Waals surface area contributed by atoms with Gasteiger partial charge in [0.25, 0.3) is 5.56 Å². The summed E-state index contributed by atoms with van der Waals surface area (Å²) in [4.78, 5) is 14.8. The highest BCUT2D eigenvalue weighted by Crippen LogP contribution is 2.09. The van der Waals surface area contributed by atoms with E-state index >= 15 is 0 Å². The van der Waals surface area contributed by atoms with Crippen LogP contribution in [-0.2, 0) is 6.54 Å². The topological polar surface area (TPSA) is 37.8 Å². The lowest BCUT2D eigenvalue weighted by molar-refractivity contribution is 0.499. The standard InChI is InChI=1S/C14H24N2OS/c1-11(2)8-6-4-5-7-9-16-13(17)10-12(3)15-14(16)18/h10-11H,4-9H2,1-3H3,(H,15,18). The Morgan fingerprint density at radius 3 is 2.56 bits per heavy atom. The molecule has 4 heteroatoms. The third-order valence-corrected chi connectivity index (χ3v) is 3.39. The van der Waals surface area contributed by atoms with Gasteiger partial charge in [-0.05, 0) is 31.5 Å². The fourth-order valence-electron chi connectivity index (χ4n) is 2.02. The van der Waals surface area contributed by atoms with Crippen LogP contribution in [0.2, 0.25) is 0 Å². The van der Waals surface area contributed by atoms with Gasteiger partial charge < -0.3 is 4.98 Å². The van der Waals surface area contributed by atoms with Gasteiger partial charge >= 0.3 is 0 Å². The first-order chi connectivity index (χ1) is 8.50. The summed E-state index contributed by atoms with van der Waals surface area (Å²) in [6.45, 7) is 7.10. The van der Waals surface area contributed by atoms with Gasteiger partial charge in [-0.1, -0.05) is 39.5 Å². The number of aromatic nitrogens is 2. The minimum absolute atomic E-state index is 0.0124. The molecule has 0 spiro atoms. The van der Waals surface area contributed by atoms with Crippen molar-refractivity contribution in [3.63, 3.8) is 0 Å². The van der Waals surface area contributed by atoms with Crippen LogP contribution in [-0.4, -0.2) is 9.55 Å². The van der Waals surface area contributed by atoms with Crippen molar-refractivity contribution < 1.29 is 0 Å². The quantitative estimate of drug-likeness (QED) is 0.603. The molecule has 0 aliphatic carbocycles. The maximum absolute atomic E-state index is 11.7. The number of nitrogens with zero attached hydrogens (tertiary/aromatic N) is 1. The Hall–Kier alpha value is -0.900. The van der Waals surface area contributed by atoms with Crippen molar-refractivity contribution in [2.24, 2.45) is 5.92 Å². The summed E-state index contributed by atoms with van der Waals surface area (Å²) in [5, 5.41) is 0. The number of hydrogen-bond acceptors (Lipinski definition) is 2. The number of hydrogen-bond donors (Lipinski definition) is 1. The molecule has 102 valence electrons. The van der Waals surface area contributed by atoms with Crippen molar-refractivity contribution in [1.82, 2.24) is 9.55 Å². The second kappa shape index (κ2) is 7.52. The second-order valence-corrected chi connectivity index (χ2v) is 5.73. The number of aryl methyl sites for hydroxylation is 1. The predicted molar refractivity (Wildman–Crippen MR) is 78.5 cm³/mol. The zero-order chi connectivity index (χ0) is 13.5. The summed E-state index contributed by atoms with van der Waals surface area (Å²) < 4.78 is 2.20. The first kappa shape index (κ1) is 15.2. The van der Waals surface area contributed by atoms with E-state index < -0.39 is 0 Å². The Balaban J connectivity index is 2.36. The summed E-state index contributed by atoms with van der Waals surface area (Å²) in [6, 6.07) is 1.61. The fraction of sp³-hybridized carbons (Fsp3) is 0.714. The van der Waals surface area contributed by atoms with Crippen LogP contribution in [0.3, 0.4) is 0 Å². The summed E-state index contributed by atoms with van der Waals surface area (Å²) in [7, 11) is 0. The molecule has 0 bridgehead atoms. The van der Waals surface area contributed by atoms with E-state index in [0.717, 1.165) is 24.6 Å². The minimum Gasteiger partial charge on any atom is -0.336 e. The summed E-state index contributed by atoms with van der Waals surface area (Å²) in [6.07, 6.45) is 6.02. The molecular formula is C14H24N2OS. The Morgan fingerprint density at radius 2 is 1.94 bits per heavy atom. The lowest BCUT2D eigenvalue weighted by Crippen LogP contribution is -2.21. The minimum atomic E-state index is 0.0124. The predicted octanol–water partition coefficient (Wildman–Crippen LogP) is 3.82. The van der Waals surface area contributed by atoms with Crippen molar-refractivity contribution in [3.8, 4) is 0 Å². The Kier molecular flexibility index (Phi) is 6.33. The van der Waals surface area contributed by atoms with E-state index in [2.05, 4.69) is 18.8 Å². The molecule has 0 atom stereocenters. The van der Waals surface area contributed by atoms with Crippen molar-refractivity contribution in [1.29, 1.82) is 0 Å². The van der Waals surface area contributed by atoms with E-state index in [1.165, 1.54) is 25.7 Å². The highest BCUT2D eigenvalue weighted by atomic mass is 32.1. The average Bonchev–Trinajstić information content (AvgIpc) is 2.25. The maximum atomic E-state index is 11.7. The third-order valence-electron chi connectivity index (χ3n) is 3.07. The second-order valence-electron chi connectivity index (χ2n) is 5.34. The molecule has 0 amide bonds. The number of unbranched alkanes of at least 4 members (excludes halogenated alkanes) is 3. The number of aromatic amines is 1. The molecule has 0 aliphatic heterocycles. The molecule has 0 saturated carbocycles. The van der Waals surface area contributed by atoms with Crippen LogP contribution in [0.25, 0.3) is 0 Å². The highest BCUT2D eigenvalue weighted by Gasteiger charge is 2.00. The van der Waals surface area contributed by atoms with Crippen LogP contribution in [0.4, 0.5) is 0 Å². The van der Waals surface area contributed by atoms with Crippen LogP contribution in [0, 0.1) is 17.6 Å². The smallest absolute Gasteiger partial charge is 0.254 e. The number of rotatable bonds is 7. The zero-order valence-corrected chi connectivity index (χ0v) is 12.5. The van der Waals surface area contributed by atoms with Gasteiger partial charge in [0, 0.05) is 18.3 Å². The van der Waals surface area contributed by atoms with E-state index in [0.29, 0.717) is 4.77 Å². The molecule has 0 saturated heterocycles. The van der Waals surface area contributed by atoms with Crippen LogP contribution in [0.15, 0.2) is 10.9 Å². The van der Waals surface area contributed by atoms with Gasteiger partial charge in [0.15, 0.2) is 4.77 Å². The maximum Gasteiger partial charge on any atom is 0.254 e. The molecule has 18 heavy (non-hydrogen) atoms. The van der Waals surface area contributed by atoms with E-state index in [1.807, 2.05) is 6.92 Å². The van der Waals surface area contributed by atoms with Gasteiger partial charge in [0.2, 0.25) is 0 Å². The molecule has 1 aromatic rings. The molecular weight excluding hydrogens is 244 g/mol. The van der Waals surface area contributed by atoms with Crippen molar-refractivity contribution in [2.45, 2.75) is 59.4 Å². The van der Waals surface area contributed by atoms with E-state index in [9.17, 15) is 4.79 Å². The van der Waals surface area contributed by atoms with Crippen LogP contribution in [0.5, 0.6) is 0 Å². The lowest BCUT2D eigenvalue weighted by Gasteiger charge is -2.07. The molecule has 1 N–H and O–H groups in total. The van der Waals surface area contributed by atoms with Crippen molar-refractivity contribution in [3.05, 3.63) is 26.9 Å². The molecule has 3 nitrogen and oxygen atoms in total. The Labute approximate surface area is 114 Å². The lowest BCUT2D eigenvalue weighted by atomic mass is 10.0.